The van der Waals surface area contributed by atoms with Gasteiger partial charge in [0.15, 0.2) is 0 Å². The Balaban J connectivity index is 1.29. The first-order chi connectivity index (χ1) is 32.5. The van der Waals surface area contributed by atoms with Crippen LogP contribution in [0.1, 0.15) is 97.9 Å². The van der Waals surface area contributed by atoms with Crippen molar-refractivity contribution in [3.8, 4) is 11.3 Å². The van der Waals surface area contributed by atoms with Crippen LogP contribution in [-0.4, -0.2) is 151 Å². The summed E-state index contributed by atoms with van der Waals surface area (Å²) < 4.78 is 69.4. The molecule has 1 aromatic carbocycles. The predicted molar refractivity (Wildman–Crippen MR) is 253 cm³/mol. The topological polar surface area (TPSA) is 180 Å². The van der Waals surface area contributed by atoms with E-state index >= 15 is 0 Å². The summed E-state index contributed by atoms with van der Waals surface area (Å²) in [5.41, 5.74) is 5.02. The van der Waals surface area contributed by atoms with Crippen LogP contribution in [0.2, 0.25) is 0 Å². The number of morpholine rings is 1. The van der Waals surface area contributed by atoms with Crippen molar-refractivity contribution in [2.24, 2.45) is 5.41 Å². The minimum absolute atomic E-state index is 0.00780. The molecule has 0 bridgehead atoms. The van der Waals surface area contributed by atoms with E-state index in [9.17, 15) is 37.5 Å². The van der Waals surface area contributed by atoms with Gasteiger partial charge >= 0.3 is 24.2 Å². The monoisotopic (exact) mass is 971 g/mol. The highest BCUT2D eigenvalue weighted by atomic mass is 19.4. The molecule has 3 aromatic rings. The summed E-state index contributed by atoms with van der Waals surface area (Å²) in [5, 5.41) is 14.2. The molecule has 3 aliphatic heterocycles. The van der Waals surface area contributed by atoms with Gasteiger partial charge in [-0.1, -0.05) is 13.8 Å². The Bertz CT molecular complexity index is 2340. The molecule has 3 saturated heterocycles. The molecule has 2 aromatic heterocycles. The van der Waals surface area contributed by atoms with Crippen LogP contribution in [0.4, 0.5) is 29.3 Å². The number of hydrogen-bond acceptors (Lipinski definition) is 13. The number of alkyl halides is 3. The molecule has 4 atom stereocenters. The average molecular weight is 971 g/mol. The number of amides is 2. The zero-order valence-corrected chi connectivity index (χ0v) is 41.1. The molecule has 3 N–H and O–H groups in total. The minimum atomic E-state index is -4.61. The molecule has 69 heavy (non-hydrogen) atoms. The van der Waals surface area contributed by atoms with Crippen molar-refractivity contribution in [3.63, 3.8) is 0 Å². The van der Waals surface area contributed by atoms with Gasteiger partial charge < -0.3 is 43.7 Å². The molecule has 17 nitrogen and oxygen atoms in total. The lowest BCUT2D eigenvalue weighted by Gasteiger charge is -2.38. The fourth-order valence-electron chi connectivity index (χ4n) is 9.66. The first kappa shape index (κ1) is 51.7. The van der Waals surface area contributed by atoms with E-state index in [-0.39, 0.29) is 39.1 Å². The number of carbonyl (C=O) groups excluding carboxylic acids is 3. The van der Waals surface area contributed by atoms with E-state index in [2.05, 4.69) is 20.5 Å². The van der Waals surface area contributed by atoms with Crippen LogP contribution in [0.5, 0.6) is 0 Å². The number of nitrogens with one attached hydrogen (secondary N) is 2. The Morgan fingerprint density at radius 3 is 2.33 bits per heavy atom. The predicted octanol–water partition coefficient (Wildman–Crippen LogP) is 6.46. The lowest BCUT2D eigenvalue weighted by Crippen LogP contribution is -2.61. The maximum Gasteiger partial charge on any atom is 0.408 e. The molecule has 1 saturated carbocycles. The summed E-state index contributed by atoms with van der Waals surface area (Å²) in [6.45, 7) is 15.2. The summed E-state index contributed by atoms with van der Waals surface area (Å²) in [5.74, 6) is -2.12. The summed E-state index contributed by atoms with van der Waals surface area (Å²) >= 11 is 0. The van der Waals surface area contributed by atoms with Gasteiger partial charge in [0.2, 0.25) is 0 Å². The van der Waals surface area contributed by atoms with Crippen LogP contribution < -0.4 is 20.5 Å². The lowest BCUT2D eigenvalue weighted by atomic mass is 9.84. The first-order valence-electron chi connectivity index (χ1n) is 24.0. The number of ether oxygens (including phenoxy) is 4. The number of benzene rings is 1. The molecule has 7 rings (SSSR count). The number of alkyl carbamates (subject to hydrolysis) is 1. The van der Waals surface area contributed by atoms with Gasteiger partial charge in [-0.15, -0.1) is 0 Å². The number of hydrogen-bond donors (Lipinski definition) is 3. The summed E-state index contributed by atoms with van der Waals surface area (Å²) in [6.07, 6.45) is -1.45. The van der Waals surface area contributed by atoms with E-state index in [0.29, 0.717) is 64.5 Å². The van der Waals surface area contributed by atoms with Crippen molar-refractivity contribution >= 4 is 46.2 Å². The van der Waals surface area contributed by atoms with Gasteiger partial charge in [-0.05, 0) is 89.6 Å². The molecule has 20 heteroatoms. The minimum Gasteiger partial charge on any atom is -0.480 e. The fraction of sp³-hybridized carbons (Fsp3) is 0.653. The Labute approximate surface area is 401 Å². The molecule has 4 fully saturated rings. The number of halogens is 3. The second kappa shape index (κ2) is 21.0. The highest BCUT2D eigenvalue weighted by Crippen LogP contribution is 2.44. The Kier molecular flexibility index (Phi) is 15.8. The van der Waals surface area contributed by atoms with Crippen LogP contribution in [0.25, 0.3) is 22.2 Å². The number of aliphatic carboxylic acids is 1. The van der Waals surface area contributed by atoms with Gasteiger partial charge in [0, 0.05) is 99.9 Å². The first-order valence-corrected chi connectivity index (χ1v) is 24.0. The lowest BCUT2D eigenvalue weighted by molar-refractivity contribution is -0.148. The summed E-state index contributed by atoms with van der Waals surface area (Å²) in [6, 6.07) is 5.82. The highest BCUT2D eigenvalue weighted by Gasteiger charge is 2.39. The fourth-order valence-corrected chi connectivity index (χ4v) is 9.66. The Morgan fingerprint density at radius 1 is 0.971 bits per heavy atom. The SMILES string of the molecule is CO[C@@H](C)c1ncc(N2CCN(C3CC3)CC2)cc1-c1c(CC(C)(C)COC(C)=O)c2cc(N3CCO[C@@H](C[C@H](NC(=O)OC(C)(C)C)C(=O)N4CCC[C@@H](C(=O)O)N4)C3)ccc2n1CC(F)(F)F. The third-order valence-corrected chi connectivity index (χ3v) is 13.2. The summed E-state index contributed by atoms with van der Waals surface area (Å²) in [4.78, 5) is 62.9. The van der Waals surface area contributed by atoms with E-state index in [1.807, 2.05) is 37.8 Å². The standard InChI is InChI=1S/C49H69F3N8O9/c1-30(66-8)42-37(23-34(26-53-42)57-18-16-56(17-19-57)32-11-12-32)43-38(25-48(6,7)29-68-31(2)61)36-22-33(13-14-41(36)59(43)28-49(50,51)52)58-20-21-67-35(27-58)24-40(54-46(65)69-47(3,4)5)44(62)60-15-9-10-39(55-60)45(63)64/h13-14,22-23,26,30,32,35,39-40,55H,9-12,15-21,24-25,27-29H2,1-8H3,(H,54,65)(H,63,64)/t30-,35-,39-,40-/m0/s1. The van der Waals surface area contributed by atoms with Crippen molar-refractivity contribution in [1.82, 2.24) is 30.2 Å². The number of methoxy groups -OCH3 is 1. The number of esters is 1. The average Bonchev–Trinajstić information content (AvgIpc) is 4.11. The molecule has 0 radical (unpaired) electrons. The third kappa shape index (κ3) is 13.2. The number of carbonyl (C=O) groups is 4. The number of aromatic nitrogens is 2. The third-order valence-electron chi connectivity index (χ3n) is 13.2. The van der Waals surface area contributed by atoms with Gasteiger partial charge in [-0.2, -0.15) is 13.2 Å². The van der Waals surface area contributed by atoms with Gasteiger partial charge in [0.05, 0.1) is 48.7 Å². The maximum atomic E-state index is 15.0. The number of carboxylic acids is 1. The number of hydrazine groups is 1. The molecule has 2 amide bonds. The number of piperazine rings is 1. The molecule has 1 aliphatic carbocycles. The molecule has 380 valence electrons. The summed E-state index contributed by atoms with van der Waals surface area (Å²) in [7, 11) is 1.54. The Hall–Kier alpha value is -5.18. The number of anilines is 2. The van der Waals surface area contributed by atoms with Crippen molar-refractivity contribution in [1.29, 1.82) is 0 Å². The molecular formula is C49H69F3N8O9. The van der Waals surface area contributed by atoms with Gasteiger partial charge in [-0.25, -0.2) is 10.2 Å². The van der Waals surface area contributed by atoms with E-state index in [1.165, 1.54) is 29.3 Å². The number of carboxylic acid groups (broad SMARTS) is 1. The van der Waals surface area contributed by atoms with E-state index < -0.39 is 72.0 Å². The van der Waals surface area contributed by atoms with Crippen LogP contribution >= 0.6 is 0 Å². The number of nitrogens with zero attached hydrogens (tertiary/aromatic N) is 6. The second-order valence-electron chi connectivity index (χ2n) is 20.6. The van der Waals surface area contributed by atoms with E-state index in [0.717, 1.165) is 31.9 Å². The van der Waals surface area contributed by atoms with Crippen LogP contribution in [0, 0.1) is 5.41 Å². The molecule has 5 heterocycles. The van der Waals surface area contributed by atoms with Crippen molar-refractivity contribution in [3.05, 3.63) is 41.7 Å². The van der Waals surface area contributed by atoms with Crippen LogP contribution in [0.15, 0.2) is 30.5 Å². The molecule has 0 spiro atoms. The number of pyridine rings is 1. The van der Waals surface area contributed by atoms with Gasteiger partial charge in [0.1, 0.15) is 24.2 Å². The van der Waals surface area contributed by atoms with Crippen LogP contribution in [0.3, 0.4) is 0 Å². The Morgan fingerprint density at radius 2 is 1.70 bits per heavy atom. The second-order valence-corrected chi connectivity index (χ2v) is 20.6. The van der Waals surface area contributed by atoms with Crippen molar-refractivity contribution < 1.29 is 56.4 Å². The number of rotatable bonds is 16. The highest BCUT2D eigenvalue weighted by molar-refractivity contribution is 5.95. The molecule has 0 unspecified atom stereocenters. The largest absolute Gasteiger partial charge is 0.480 e. The normalized spacial score (nSPS) is 20.7. The maximum absolute atomic E-state index is 15.0. The number of fused-ring (bicyclic) bond motifs is 1. The zero-order valence-electron chi connectivity index (χ0n) is 41.1. The zero-order chi connectivity index (χ0) is 50.0. The van der Waals surface area contributed by atoms with Crippen molar-refractivity contribution in [2.75, 3.05) is 75.9 Å². The smallest absolute Gasteiger partial charge is 0.408 e. The quantitative estimate of drug-likeness (QED) is 0.133. The van der Waals surface area contributed by atoms with Crippen molar-refractivity contribution in [2.45, 2.75) is 136 Å². The van der Waals surface area contributed by atoms with E-state index in [4.69, 9.17) is 23.9 Å². The van der Waals surface area contributed by atoms with Crippen LogP contribution in [-0.2, 0) is 46.3 Å². The van der Waals surface area contributed by atoms with Gasteiger partial charge in [0.25, 0.3) is 5.91 Å². The van der Waals surface area contributed by atoms with Gasteiger partial charge in [-0.3, -0.25) is 29.3 Å². The molecular weight excluding hydrogens is 902 g/mol. The molecule has 4 aliphatic rings. The van der Waals surface area contributed by atoms with E-state index in [1.54, 1.807) is 46.2 Å².